The van der Waals surface area contributed by atoms with Gasteiger partial charge in [0.15, 0.2) is 8.32 Å². The molecule has 0 aliphatic carbocycles. The van der Waals surface area contributed by atoms with Crippen LogP contribution in [0.2, 0.25) is 18.1 Å². The molecule has 1 aromatic rings. The van der Waals surface area contributed by atoms with Gasteiger partial charge >= 0.3 is 0 Å². The van der Waals surface area contributed by atoms with E-state index in [2.05, 4.69) is 50.8 Å². The van der Waals surface area contributed by atoms with E-state index in [1.54, 1.807) is 0 Å². The highest BCUT2D eigenvalue weighted by Gasteiger charge is 2.36. The van der Waals surface area contributed by atoms with Gasteiger partial charge < -0.3 is 4.43 Å². The Labute approximate surface area is 111 Å². The third kappa shape index (κ3) is 4.21. The van der Waals surface area contributed by atoms with Crippen LogP contribution in [0.5, 0.6) is 0 Å². The summed E-state index contributed by atoms with van der Waals surface area (Å²) in [4.78, 5) is 4.60. The zero-order chi connectivity index (χ0) is 13.8. The van der Waals surface area contributed by atoms with E-state index >= 15 is 0 Å². The van der Waals surface area contributed by atoms with Crippen LogP contribution in [0.1, 0.15) is 31.9 Å². The first-order valence-electron chi connectivity index (χ1n) is 6.30. The molecule has 0 aromatic heterocycles. The average Bonchev–Trinajstić information content (AvgIpc) is 2.27. The molecule has 0 heterocycles. The molecular weight excluding hydrogens is 242 g/mol. The summed E-state index contributed by atoms with van der Waals surface area (Å²) in [6.07, 6.45) is 0. The van der Waals surface area contributed by atoms with Crippen molar-refractivity contribution in [2.75, 3.05) is 0 Å². The Morgan fingerprint density at radius 2 is 1.44 bits per heavy atom. The van der Waals surface area contributed by atoms with Crippen molar-refractivity contribution < 1.29 is 9.26 Å². The molecule has 1 rings (SSSR count). The Morgan fingerprint density at radius 1 is 1.00 bits per heavy atom. The first kappa shape index (κ1) is 15.4. The minimum absolute atomic E-state index is 0.250. The molecule has 0 atom stereocenters. The van der Waals surface area contributed by atoms with Gasteiger partial charge in [0.1, 0.15) is 0 Å². The van der Waals surface area contributed by atoms with Crippen molar-refractivity contribution in [1.82, 2.24) is 0 Å². The molecule has 0 amide bonds. The van der Waals surface area contributed by atoms with E-state index in [-0.39, 0.29) is 5.04 Å². The molecule has 2 N–H and O–H groups in total. The molecule has 0 aliphatic heterocycles. The Hall–Kier alpha value is -0.683. The third-order valence-corrected chi connectivity index (χ3v) is 8.16. The lowest BCUT2D eigenvalue weighted by atomic mass is 10.1. The van der Waals surface area contributed by atoms with Crippen LogP contribution >= 0.6 is 0 Å². The van der Waals surface area contributed by atoms with Gasteiger partial charge in [-0.05, 0) is 29.3 Å². The Balaban J connectivity index is 2.59. The molecule has 0 spiro atoms. The van der Waals surface area contributed by atoms with Crippen LogP contribution < -0.4 is 5.90 Å². The topological polar surface area (TPSA) is 44.5 Å². The summed E-state index contributed by atoms with van der Waals surface area (Å²) in [5.74, 6) is 5.04. The second-order valence-electron chi connectivity index (χ2n) is 6.18. The highest BCUT2D eigenvalue weighted by molar-refractivity contribution is 6.74. The van der Waals surface area contributed by atoms with Crippen LogP contribution in [-0.2, 0) is 22.5 Å². The molecule has 0 aliphatic rings. The van der Waals surface area contributed by atoms with Crippen LogP contribution in [0, 0.1) is 0 Å². The molecule has 3 nitrogen and oxygen atoms in total. The summed E-state index contributed by atoms with van der Waals surface area (Å²) in [6, 6.07) is 8.19. The molecule has 0 unspecified atom stereocenters. The summed E-state index contributed by atoms with van der Waals surface area (Å²) in [6.45, 7) is 12.4. The van der Waals surface area contributed by atoms with Gasteiger partial charge in [-0.2, -0.15) is 0 Å². The lowest BCUT2D eigenvalue weighted by molar-refractivity contribution is 0.124. The van der Waals surface area contributed by atoms with Crippen molar-refractivity contribution in [2.24, 2.45) is 5.90 Å². The molecule has 102 valence electrons. The summed E-state index contributed by atoms with van der Waals surface area (Å²) in [5, 5.41) is 0.250. The molecule has 1 aromatic carbocycles. The Kier molecular flexibility index (Phi) is 5.10. The second-order valence-corrected chi connectivity index (χ2v) is 11.0. The molecule has 18 heavy (non-hydrogen) atoms. The first-order chi connectivity index (χ1) is 8.26. The van der Waals surface area contributed by atoms with Crippen molar-refractivity contribution in [3.8, 4) is 0 Å². The summed E-state index contributed by atoms with van der Waals surface area (Å²) in [5.41, 5.74) is 2.27. The fourth-order valence-corrected chi connectivity index (χ4v) is 2.27. The van der Waals surface area contributed by atoms with Gasteiger partial charge in [-0.15, -0.1) is 0 Å². The largest absolute Gasteiger partial charge is 0.413 e. The lowest BCUT2D eigenvalue weighted by Gasteiger charge is -2.36. The van der Waals surface area contributed by atoms with Crippen molar-refractivity contribution in [3.05, 3.63) is 35.4 Å². The highest BCUT2D eigenvalue weighted by atomic mass is 28.4. The maximum atomic E-state index is 6.16. The molecule has 0 saturated heterocycles. The van der Waals surface area contributed by atoms with E-state index < -0.39 is 8.32 Å². The summed E-state index contributed by atoms with van der Waals surface area (Å²) < 4.78 is 6.16. The van der Waals surface area contributed by atoms with Crippen molar-refractivity contribution in [3.63, 3.8) is 0 Å². The standard InChI is InChI=1S/C14H25NO2Si/c1-14(2,3)18(4,5)17-11-13-8-6-12(7-9-13)10-16-15/h6-9H,10-11,15H2,1-5H3. The predicted molar refractivity (Wildman–Crippen MR) is 77.4 cm³/mol. The molecular formula is C14H25NO2Si. The highest BCUT2D eigenvalue weighted by Crippen LogP contribution is 2.37. The second kappa shape index (κ2) is 5.97. The normalized spacial score (nSPS) is 12.8. The van der Waals surface area contributed by atoms with Gasteiger partial charge in [0.25, 0.3) is 0 Å². The minimum Gasteiger partial charge on any atom is -0.413 e. The molecule has 0 radical (unpaired) electrons. The summed E-state index contributed by atoms with van der Waals surface area (Å²) >= 11 is 0. The SMILES string of the molecule is CC(C)(C)[Si](C)(C)OCc1ccc(CON)cc1. The number of benzene rings is 1. The van der Waals surface area contributed by atoms with Gasteiger partial charge in [-0.1, -0.05) is 45.0 Å². The van der Waals surface area contributed by atoms with E-state index in [1.165, 1.54) is 5.56 Å². The van der Waals surface area contributed by atoms with Gasteiger partial charge in [0.05, 0.1) is 13.2 Å². The van der Waals surface area contributed by atoms with E-state index in [9.17, 15) is 0 Å². The van der Waals surface area contributed by atoms with Crippen molar-refractivity contribution in [2.45, 2.75) is 52.1 Å². The number of hydrogen-bond acceptors (Lipinski definition) is 3. The number of rotatable bonds is 5. The van der Waals surface area contributed by atoms with Gasteiger partial charge in [-0.3, -0.25) is 4.84 Å². The maximum absolute atomic E-state index is 6.16. The van der Waals surface area contributed by atoms with Crippen molar-refractivity contribution >= 4 is 8.32 Å². The predicted octanol–water partition coefficient (Wildman–Crippen LogP) is 3.60. The maximum Gasteiger partial charge on any atom is 0.192 e. The van der Waals surface area contributed by atoms with E-state index in [1.807, 2.05) is 12.1 Å². The van der Waals surface area contributed by atoms with E-state index in [0.717, 1.165) is 5.56 Å². The number of nitrogens with two attached hydrogens (primary N) is 1. The average molecular weight is 267 g/mol. The van der Waals surface area contributed by atoms with Crippen LogP contribution in [0.15, 0.2) is 24.3 Å². The third-order valence-electron chi connectivity index (χ3n) is 3.68. The minimum atomic E-state index is -1.66. The van der Waals surface area contributed by atoms with Gasteiger partial charge in [-0.25, -0.2) is 5.90 Å². The smallest absolute Gasteiger partial charge is 0.192 e. The van der Waals surface area contributed by atoms with Crippen LogP contribution in [0.25, 0.3) is 0 Å². The van der Waals surface area contributed by atoms with Gasteiger partial charge in [0.2, 0.25) is 0 Å². The van der Waals surface area contributed by atoms with Crippen molar-refractivity contribution in [1.29, 1.82) is 0 Å². The van der Waals surface area contributed by atoms with Gasteiger partial charge in [0, 0.05) is 0 Å². The van der Waals surface area contributed by atoms with Crippen LogP contribution in [0.3, 0.4) is 0 Å². The molecule has 4 heteroatoms. The zero-order valence-electron chi connectivity index (χ0n) is 12.1. The molecule has 0 saturated carbocycles. The zero-order valence-corrected chi connectivity index (χ0v) is 13.1. The van der Waals surface area contributed by atoms with E-state index in [4.69, 9.17) is 10.3 Å². The number of hydrogen-bond donors (Lipinski definition) is 1. The Morgan fingerprint density at radius 3 is 1.83 bits per heavy atom. The fourth-order valence-electron chi connectivity index (χ4n) is 1.31. The first-order valence-corrected chi connectivity index (χ1v) is 9.20. The lowest BCUT2D eigenvalue weighted by Crippen LogP contribution is -2.40. The fraction of sp³-hybridized carbons (Fsp3) is 0.571. The molecule has 0 bridgehead atoms. The molecule has 0 fully saturated rings. The quantitative estimate of drug-likeness (QED) is 0.655. The van der Waals surface area contributed by atoms with Crippen LogP contribution in [0.4, 0.5) is 0 Å². The monoisotopic (exact) mass is 267 g/mol. The van der Waals surface area contributed by atoms with E-state index in [0.29, 0.717) is 13.2 Å². The Bertz CT molecular complexity index is 368. The van der Waals surface area contributed by atoms with Crippen LogP contribution in [-0.4, -0.2) is 8.32 Å². The summed E-state index contributed by atoms with van der Waals surface area (Å²) in [7, 11) is -1.66.